The second-order valence-corrected chi connectivity index (χ2v) is 7.38. The van der Waals surface area contributed by atoms with Crippen LogP contribution in [0.5, 0.6) is 5.75 Å². The lowest BCUT2D eigenvalue weighted by molar-refractivity contribution is -0.222. The number of hydrogen-bond donors (Lipinski definition) is 1. The van der Waals surface area contributed by atoms with E-state index in [4.69, 9.17) is 14.2 Å². The first-order chi connectivity index (χ1) is 12.1. The van der Waals surface area contributed by atoms with Crippen molar-refractivity contribution in [3.63, 3.8) is 0 Å². The minimum absolute atomic E-state index is 0.169. The fraction of sp³-hybridized carbons (Fsp3) is 0.500. The molecule has 1 aromatic carbocycles. The Labute approximate surface area is 154 Å². The zero-order valence-electron chi connectivity index (χ0n) is 16.4. The summed E-state index contributed by atoms with van der Waals surface area (Å²) in [5, 5.41) is 3.03. The van der Waals surface area contributed by atoms with E-state index in [0.717, 1.165) is 22.6 Å². The predicted molar refractivity (Wildman–Crippen MR) is 99.1 cm³/mol. The Kier molecular flexibility index (Phi) is 5.64. The van der Waals surface area contributed by atoms with Gasteiger partial charge >= 0.3 is 11.9 Å². The van der Waals surface area contributed by atoms with Gasteiger partial charge in [0.15, 0.2) is 5.57 Å². The number of benzene rings is 1. The molecule has 6 nitrogen and oxygen atoms in total. The molecular formula is C20H27NO5. The zero-order valence-corrected chi connectivity index (χ0v) is 16.4. The second kappa shape index (κ2) is 7.40. The van der Waals surface area contributed by atoms with Crippen LogP contribution in [0.4, 0.5) is 5.69 Å². The average Bonchev–Trinajstić information content (AvgIpc) is 2.51. The fourth-order valence-corrected chi connectivity index (χ4v) is 2.79. The van der Waals surface area contributed by atoms with Crippen molar-refractivity contribution in [2.24, 2.45) is 0 Å². The number of methoxy groups -OCH3 is 1. The summed E-state index contributed by atoms with van der Waals surface area (Å²) in [5.41, 5.74) is 2.69. The third kappa shape index (κ3) is 4.18. The summed E-state index contributed by atoms with van der Waals surface area (Å²) in [4.78, 5) is 24.1. The van der Waals surface area contributed by atoms with Crippen molar-refractivity contribution in [2.75, 3.05) is 12.4 Å². The van der Waals surface area contributed by atoms with E-state index < -0.39 is 17.7 Å². The molecule has 1 aliphatic heterocycles. The Morgan fingerprint density at radius 2 is 1.46 bits per heavy atom. The van der Waals surface area contributed by atoms with Gasteiger partial charge in [0.25, 0.3) is 5.79 Å². The summed E-state index contributed by atoms with van der Waals surface area (Å²) >= 11 is 0. The maximum absolute atomic E-state index is 12.0. The Hall–Kier alpha value is -2.50. The van der Waals surface area contributed by atoms with Crippen molar-refractivity contribution in [1.82, 2.24) is 0 Å². The van der Waals surface area contributed by atoms with Gasteiger partial charge in [0.1, 0.15) is 5.75 Å². The quantitative estimate of drug-likeness (QED) is 0.484. The van der Waals surface area contributed by atoms with Crippen LogP contribution in [0.2, 0.25) is 0 Å². The van der Waals surface area contributed by atoms with Gasteiger partial charge in [0.05, 0.1) is 7.11 Å². The van der Waals surface area contributed by atoms with E-state index in [9.17, 15) is 9.59 Å². The van der Waals surface area contributed by atoms with Crippen molar-refractivity contribution >= 4 is 17.6 Å². The molecule has 2 rings (SSSR count). The third-order valence-electron chi connectivity index (χ3n) is 4.09. The summed E-state index contributed by atoms with van der Waals surface area (Å²) in [6, 6.07) is 3.91. The Morgan fingerprint density at radius 3 is 1.85 bits per heavy atom. The summed E-state index contributed by atoms with van der Waals surface area (Å²) in [5.74, 6) is -1.29. The number of hydrogen-bond acceptors (Lipinski definition) is 6. The molecule has 0 unspecified atom stereocenters. The van der Waals surface area contributed by atoms with Crippen LogP contribution in [0.15, 0.2) is 23.9 Å². The summed E-state index contributed by atoms with van der Waals surface area (Å²) in [6.07, 6.45) is 1.33. The molecule has 0 saturated carbocycles. The first-order valence-electron chi connectivity index (χ1n) is 8.71. The molecular weight excluding hydrogens is 334 g/mol. The molecule has 0 radical (unpaired) electrons. The highest BCUT2D eigenvalue weighted by atomic mass is 16.7. The van der Waals surface area contributed by atoms with Crippen molar-refractivity contribution in [3.8, 4) is 5.75 Å². The SMILES string of the molecule is COc1c(C(C)C)cc(NC=C2C(=O)OC(C)(C)OC2=O)cc1C(C)C. The van der Waals surface area contributed by atoms with E-state index in [2.05, 4.69) is 33.0 Å². The zero-order chi connectivity index (χ0) is 19.6. The smallest absolute Gasteiger partial charge is 0.350 e. The highest BCUT2D eigenvalue weighted by molar-refractivity contribution is 6.15. The molecule has 1 fully saturated rings. The largest absolute Gasteiger partial charge is 0.496 e. The van der Waals surface area contributed by atoms with Gasteiger partial charge < -0.3 is 19.5 Å². The first kappa shape index (κ1) is 19.8. The molecule has 0 bridgehead atoms. The Bertz CT molecular complexity index is 696. The van der Waals surface area contributed by atoms with Gasteiger partial charge in [-0.25, -0.2) is 9.59 Å². The average molecular weight is 361 g/mol. The third-order valence-corrected chi connectivity index (χ3v) is 4.09. The van der Waals surface area contributed by atoms with Gasteiger partial charge in [-0.3, -0.25) is 0 Å². The molecule has 1 N–H and O–H groups in total. The minimum atomic E-state index is -1.25. The monoisotopic (exact) mass is 361 g/mol. The van der Waals surface area contributed by atoms with Crippen molar-refractivity contribution in [2.45, 2.75) is 59.2 Å². The molecule has 142 valence electrons. The van der Waals surface area contributed by atoms with Gasteiger partial charge in [0.2, 0.25) is 0 Å². The van der Waals surface area contributed by atoms with Crippen LogP contribution in [-0.4, -0.2) is 24.8 Å². The second-order valence-electron chi connectivity index (χ2n) is 7.38. The number of nitrogens with one attached hydrogen (secondary N) is 1. The van der Waals surface area contributed by atoms with Gasteiger partial charge in [-0.05, 0) is 35.1 Å². The van der Waals surface area contributed by atoms with E-state index in [1.807, 2.05) is 12.1 Å². The molecule has 1 heterocycles. The van der Waals surface area contributed by atoms with E-state index in [0.29, 0.717) is 0 Å². The number of anilines is 1. The summed E-state index contributed by atoms with van der Waals surface area (Å²) < 4.78 is 15.8. The van der Waals surface area contributed by atoms with E-state index in [1.54, 1.807) is 7.11 Å². The molecule has 0 aliphatic carbocycles. The van der Waals surface area contributed by atoms with Crippen molar-refractivity contribution < 1.29 is 23.8 Å². The lowest BCUT2D eigenvalue weighted by atomic mass is 9.93. The number of cyclic esters (lactones) is 2. The van der Waals surface area contributed by atoms with Crippen LogP contribution in [0.25, 0.3) is 0 Å². The molecule has 26 heavy (non-hydrogen) atoms. The Morgan fingerprint density at radius 1 is 1.00 bits per heavy atom. The summed E-state index contributed by atoms with van der Waals surface area (Å²) in [6.45, 7) is 11.4. The topological polar surface area (TPSA) is 73.9 Å². The minimum Gasteiger partial charge on any atom is -0.496 e. The van der Waals surface area contributed by atoms with Crippen molar-refractivity contribution in [1.29, 1.82) is 0 Å². The molecule has 0 spiro atoms. The molecule has 1 aromatic rings. The molecule has 0 aromatic heterocycles. The Balaban J connectivity index is 2.38. The maximum Gasteiger partial charge on any atom is 0.350 e. The number of carbonyl (C=O) groups excluding carboxylic acids is 2. The highest BCUT2D eigenvalue weighted by Gasteiger charge is 2.39. The van der Waals surface area contributed by atoms with E-state index >= 15 is 0 Å². The fourth-order valence-electron chi connectivity index (χ4n) is 2.79. The normalized spacial score (nSPS) is 16.4. The maximum atomic E-state index is 12.0. The highest BCUT2D eigenvalue weighted by Crippen LogP contribution is 2.37. The van der Waals surface area contributed by atoms with Crippen LogP contribution in [0.1, 0.15) is 64.5 Å². The van der Waals surface area contributed by atoms with Gasteiger partial charge in [-0.1, -0.05) is 27.7 Å². The van der Waals surface area contributed by atoms with Crippen LogP contribution in [0.3, 0.4) is 0 Å². The number of carbonyl (C=O) groups is 2. The van der Waals surface area contributed by atoms with Crippen LogP contribution >= 0.6 is 0 Å². The first-order valence-corrected chi connectivity index (χ1v) is 8.71. The number of esters is 2. The van der Waals surface area contributed by atoms with E-state index in [-0.39, 0.29) is 17.4 Å². The molecule has 1 saturated heterocycles. The summed E-state index contributed by atoms with van der Waals surface area (Å²) in [7, 11) is 1.66. The lowest BCUT2D eigenvalue weighted by Crippen LogP contribution is -2.42. The van der Waals surface area contributed by atoms with E-state index in [1.165, 1.54) is 20.0 Å². The van der Waals surface area contributed by atoms with Crippen LogP contribution in [0, 0.1) is 0 Å². The lowest BCUT2D eigenvalue weighted by Gasteiger charge is -2.29. The van der Waals surface area contributed by atoms with Gasteiger partial charge in [-0.2, -0.15) is 0 Å². The molecule has 6 heteroatoms. The molecule has 1 aliphatic rings. The van der Waals surface area contributed by atoms with Crippen molar-refractivity contribution in [3.05, 3.63) is 35.0 Å². The van der Waals surface area contributed by atoms with Gasteiger partial charge in [-0.15, -0.1) is 0 Å². The standard InChI is InChI=1S/C20H27NO5/c1-11(2)14-8-13(9-15(12(3)4)17(14)24-7)21-10-16-18(22)25-20(5,6)26-19(16)23/h8-12,21H,1-7H3. The van der Waals surface area contributed by atoms with Gasteiger partial charge in [0, 0.05) is 25.7 Å². The van der Waals surface area contributed by atoms with Crippen LogP contribution < -0.4 is 10.1 Å². The predicted octanol–water partition coefficient (Wildman–Crippen LogP) is 4.07. The molecule has 0 atom stereocenters. The van der Waals surface area contributed by atoms with Crippen LogP contribution in [-0.2, 0) is 19.1 Å². The number of ether oxygens (including phenoxy) is 3. The number of rotatable bonds is 5. The molecule has 0 amide bonds.